The molecule has 3 nitrogen and oxygen atoms in total. The van der Waals surface area contributed by atoms with Crippen molar-refractivity contribution in [3.05, 3.63) is 50.3 Å². The molecular weight excluding hydrogens is 386 g/mol. The van der Waals surface area contributed by atoms with Crippen LogP contribution in [0.5, 0.6) is 0 Å². The van der Waals surface area contributed by atoms with Gasteiger partial charge < -0.3 is 5.11 Å². The molecule has 0 saturated heterocycles. The maximum absolute atomic E-state index is 11.8. The van der Waals surface area contributed by atoms with Gasteiger partial charge in [-0.25, -0.2) is 9.78 Å². The first kappa shape index (κ1) is 15.5. The first-order valence-electron chi connectivity index (χ1n) is 6.62. The standard InChI is InChI=1S/C16H11BrClNO2S/c1-2-9-14(16(20)21)10-7-8(17)3-4-11(10)19-15(9)12-5-6-13(18)22-12/h3-7H,2H2,1H3,(H,20,21). The third-order valence-electron chi connectivity index (χ3n) is 3.42. The van der Waals surface area contributed by atoms with Gasteiger partial charge in [0, 0.05) is 9.86 Å². The number of carbonyl (C=O) groups is 1. The van der Waals surface area contributed by atoms with Crippen LogP contribution in [0.25, 0.3) is 21.5 Å². The Balaban J connectivity index is 2.43. The van der Waals surface area contributed by atoms with Gasteiger partial charge in [0.25, 0.3) is 0 Å². The number of carboxylic acids is 1. The number of hydrogen-bond acceptors (Lipinski definition) is 3. The molecule has 1 N–H and O–H groups in total. The van der Waals surface area contributed by atoms with Crippen molar-refractivity contribution in [2.24, 2.45) is 0 Å². The quantitative estimate of drug-likeness (QED) is 0.623. The van der Waals surface area contributed by atoms with Crippen LogP contribution < -0.4 is 0 Å². The second-order valence-electron chi connectivity index (χ2n) is 4.74. The van der Waals surface area contributed by atoms with Gasteiger partial charge in [-0.05, 0) is 42.3 Å². The van der Waals surface area contributed by atoms with E-state index < -0.39 is 5.97 Å². The number of nitrogens with zero attached hydrogens (tertiary/aromatic N) is 1. The Morgan fingerprint density at radius 1 is 1.36 bits per heavy atom. The highest BCUT2D eigenvalue weighted by molar-refractivity contribution is 9.10. The number of pyridine rings is 1. The van der Waals surface area contributed by atoms with Crippen molar-refractivity contribution in [2.75, 3.05) is 0 Å². The SMILES string of the molecule is CCc1c(-c2ccc(Cl)s2)nc2ccc(Br)cc2c1C(=O)O. The Morgan fingerprint density at radius 3 is 2.73 bits per heavy atom. The summed E-state index contributed by atoms with van der Waals surface area (Å²) in [5.74, 6) is -0.939. The van der Waals surface area contributed by atoms with E-state index in [0.717, 1.165) is 14.9 Å². The van der Waals surface area contributed by atoms with Crippen molar-refractivity contribution >= 4 is 55.7 Å². The van der Waals surface area contributed by atoms with Gasteiger partial charge in [-0.1, -0.05) is 34.5 Å². The van der Waals surface area contributed by atoms with Crippen LogP contribution in [0, 0.1) is 0 Å². The Kier molecular flexibility index (Phi) is 4.21. The minimum Gasteiger partial charge on any atom is -0.478 e. The molecule has 22 heavy (non-hydrogen) atoms. The molecule has 6 heteroatoms. The molecule has 0 bridgehead atoms. The van der Waals surface area contributed by atoms with Crippen LogP contribution in [0.15, 0.2) is 34.8 Å². The Morgan fingerprint density at radius 2 is 2.14 bits per heavy atom. The van der Waals surface area contributed by atoms with E-state index >= 15 is 0 Å². The van der Waals surface area contributed by atoms with Crippen LogP contribution >= 0.6 is 38.9 Å². The van der Waals surface area contributed by atoms with E-state index in [0.29, 0.717) is 32.9 Å². The third kappa shape index (κ3) is 2.64. The highest BCUT2D eigenvalue weighted by atomic mass is 79.9. The zero-order valence-electron chi connectivity index (χ0n) is 11.6. The van der Waals surface area contributed by atoms with Gasteiger partial charge in [-0.15, -0.1) is 11.3 Å². The average Bonchev–Trinajstić information content (AvgIpc) is 2.91. The molecule has 0 spiro atoms. The third-order valence-corrected chi connectivity index (χ3v) is 5.15. The number of fused-ring (bicyclic) bond motifs is 1. The highest BCUT2D eigenvalue weighted by Crippen LogP contribution is 2.36. The van der Waals surface area contributed by atoms with Crippen LogP contribution in [0.4, 0.5) is 0 Å². The van der Waals surface area contributed by atoms with Crippen LogP contribution in [0.2, 0.25) is 4.34 Å². The molecule has 0 saturated carbocycles. The summed E-state index contributed by atoms with van der Waals surface area (Å²) in [7, 11) is 0. The van der Waals surface area contributed by atoms with Crippen LogP contribution in [-0.2, 0) is 6.42 Å². The fourth-order valence-electron chi connectivity index (χ4n) is 2.51. The van der Waals surface area contributed by atoms with Crippen LogP contribution in [0.3, 0.4) is 0 Å². The maximum Gasteiger partial charge on any atom is 0.336 e. The second kappa shape index (κ2) is 5.99. The molecule has 0 atom stereocenters. The van der Waals surface area contributed by atoms with Gasteiger partial charge in [0.15, 0.2) is 0 Å². The Labute approximate surface area is 144 Å². The van der Waals surface area contributed by atoms with E-state index in [-0.39, 0.29) is 0 Å². The lowest BCUT2D eigenvalue weighted by molar-refractivity contribution is 0.0698. The predicted octanol–water partition coefficient (Wildman–Crippen LogP) is 5.64. The van der Waals surface area contributed by atoms with Crippen molar-refractivity contribution < 1.29 is 9.90 Å². The summed E-state index contributed by atoms with van der Waals surface area (Å²) >= 11 is 10.8. The van der Waals surface area contributed by atoms with Gasteiger partial charge >= 0.3 is 5.97 Å². The first-order chi connectivity index (χ1) is 10.5. The van der Waals surface area contributed by atoms with E-state index in [1.165, 1.54) is 11.3 Å². The molecule has 3 rings (SSSR count). The molecule has 0 aliphatic heterocycles. The minimum absolute atomic E-state index is 0.313. The van der Waals surface area contributed by atoms with E-state index in [1.54, 1.807) is 12.1 Å². The lowest BCUT2D eigenvalue weighted by Crippen LogP contribution is -2.06. The number of carboxylic acid groups (broad SMARTS) is 1. The molecule has 0 unspecified atom stereocenters. The van der Waals surface area contributed by atoms with Crippen molar-refractivity contribution in [3.8, 4) is 10.6 Å². The van der Waals surface area contributed by atoms with Gasteiger partial charge in [0.1, 0.15) is 0 Å². The van der Waals surface area contributed by atoms with E-state index in [1.807, 2.05) is 25.1 Å². The molecule has 0 fully saturated rings. The van der Waals surface area contributed by atoms with Gasteiger partial charge in [0.2, 0.25) is 0 Å². The van der Waals surface area contributed by atoms with E-state index in [2.05, 4.69) is 20.9 Å². The molecule has 3 aromatic rings. The summed E-state index contributed by atoms with van der Waals surface area (Å²) in [5.41, 5.74) is 2.41. The van der Waals surface area contributed by atoms with Crippen molar-refractivity contribution in [2.45, 2.75) is 13.3 Å². The van der Waals surface area contributed by atoms with Crippen LogP contribution in [0.1, 0.15) is 22.8 Å². The van der Waals surface area contributed by atoms with Gasteiger partial charge in [-0.2, -0.15) is 0 Å². The van der Waals surface area contributed by atoms with Crippen molar-refractivity contribution in [3.63, 3.8) is 0 Å². The lowest BCUT2D eigenvalue weighted by atomic mass is 9.98. The molecule has 1 aromatic carbocycles. The molecule has 0 aliphatic rings. The zero-order valence-corrected chi connectivity index (χ0v) is 14.7. The summed E-state index contributed by atoms with van der Waals surface area (Å²) in [6, 6.07) is 9.16. The fraction of sp³-hybridized carbons (Fsp3) is 0.125. The average molecular weight is 397 g/mol. The van der Waals surface area contributed by atoms with E-state index in [9.17, 15) is 9.90 Å². The molecule has 0 aliphatic carbocycles. The largest absolute Gasteiger partial charge is 0.478 e. The smallest absolute Gasteiger partial charge is 0.336 e. The number of aromatic nitrogens is 1. The first-order valence-corrected chi connectivity index (χ1v) is 8.61. The van der Waals surface area contributed by atoms with Crippen LogP contribution in [-0.4, -0.2) is 16.1 Å². The van der Waals surface area contributed by atoms with E-state index in [4.69, 9.17) is 11.6 Å². The van der Waals surface area contributed by atoms with Crippen molar-refractivity contribution in [1.29, 1.82) is 0 Å². The second-order valence-corrected chi connectivity index (χ2v) is 7.37. The Bertz CT molecular complexity index is 891. The normalized spacial score (nSPS) is 11.0. The fourth-order valence-corrected chi connectivity index (χ4v) is 3.93. The Hall–Kier alpha value is -1.43. The predicted molar refractivity (Wildman–Crippen MR) is 94.1 cm³/mol. The number of hydrogen-bond donors (Lipinski definition) is 1. The molecule has 2 aromatic heterocycles. The highest BCUT2D eigenvalue weighted by Gasteiger charge is 2.21. The van der Waals surface area contributed by atoms with Gasteiger partial charge in [-0.3, -0.25) is 0 Å². The maximum atomic E-state index is 11.8. The summed E-state index contributed by atoms with van der Waals surface area (Å²) in [5, 5.41) is 10.3. The number of halogens is 2. The summed E-state index contributed by atoms with van der Waals surface area (Å²) in [6.07, 6.45) is 0.585. The van der Waals surface area contributed by atoms with Gasteiger partial charge in [0.05, 0.1) is 26.0 Å². The summed E-state index contributed by atoms with van der Waals surface area (Å²) < 4.78 is 1.49. The molecular formula is C16H11BrClNO2S. The molecule has 2 heterocycles. The number of benzene rings is 1. The molecule has 0 radical (unpaired) electrons. The molecule has 112 valence electrons. The molecule has 0 amide bonds. The lowest BCUT2D eigenvalue weighted by Gasteiger charge is -2.13. The topological polar surface area (TPSA) is 50.2 Å². The monoisotopic (exact) mass is 395 g/mol. The minimum atomic E-state index is -0.939. The van der Waals surface area contributed by atoms with Crippen molar-refractivity contribution in [1.82, 2.24) is 4.98 Å². The number of aromatic carboxylic acids is 1. The zero-order chi connectivity index (χ0) is 15.9. The summed E-state index contributed by atoms with van der Waals surface area (Å²) in [4.78, 5) is 17.4. The number of rotatable bonds is 3. The number of thiophene rings is 1. The summed E-state index contributed by atoms with van der Waals surface area (Å²) in [6.45, 7) is 1.94.